The Kier molecular flexibility index (Phi) is 3.70. The molecule has 13 heteroatoms. The summed E-state index contributed by atoms with van der Waals surface area (Å²) in [6.45, 7) is 0. The molecule has 0 atom stereocenters. The Balaban J connectivity index is 2.93. The first-order chi connectivity index (χ1) is 9.40. The van der Waals surface area contributed by atoms with Gasteiger partial charge in [-0.15, -0.1) is 0 Å². The molecule has 1 aliphatic heterocycles. The summed E-state index contributed by atoms with van der Waals surface area (Å²) in [5.41, 5.74) is -7.12. The third-order valence-corrected chi connectivity index (χ3v) is 3.12. The highest BCUT2D eigenvalue weighted by Gasteiger charge is 2.75. The minimum absolute atomic E-state index is 0.754. The molecule has 0 saturated carbocycles. The van der Waals surface area contributed by atoms with Gasteiger partial charge < -0.3 is 5.32 Å². The Bertz CT molecular complexity index is 612. The van der Waals surface area contributed by atoms with Crippen molar-refractivity contribution in [2.45, 2.75) is 17.9 Å². The van der Waals surface area contributed by atoms with Crippen molar-refractivity contribution in [3.63, 3.8) is 0 Å². The number of hydrogen-bond donors (Lipinski definition) is 1. The number of alkyl halides is 6. The second-order valence-corrected chi connectivity index (χ2v) is 4.79. The molecule has 0 radical (unpaired) electrons. The molecule has 0 amide bonds. The number of halogens is 9. The summed E-state index contributed by atoms with van der Waals surface area (Å²) in [5, 5.41) is -0.858. The largest absolute Gasteiger partial charge is 0.428 e. The first-order valence-corrected chi connectivity index (χ1v) is 5.93. The average molecular weight is 373 g/mol. The number of nitrogens with one attached hydrogen (secondary N) is 1. The molecule has 0 unspecified atom stereocenters. The zero-order chi connectivity index (χ0) is 16.2. The standard InChI is InChI=1S/C8HCl3F6N4/c9-3-1-2(19-4(10)20-3)6(7(12,13)14,8(15,16)17)21-5(11)18-1/h(H,18,21). The lowest BCUT2D eigenvalue weighted by atomic mass is 9.91. The Morgan fingerprint density at radius 1 is 0.905 bits per heavy atom. The Morgan fingerprint density at radius 3 is 1.90 bits per heavy atom. The monoisotopic (exact) mass is 372 g/mol. The SMILES string of the molecule is FC(F)(F)C1(C(F)(F)F)N=C(Cl)Nc2c(Cl)nc(Cl)nc21. The zero-order valence-corrected chi connectivity index (χ0v) is 11.5. The lowest BCUT2D eigenvalue weighted by Crippen LogP contribution is -2.55. The van der Waals surface area contributed by atoms with E-state index in [1.165, 1.54) is 0 Å². The quantitative estimate of drug-likeness (QED) is 0.322. The van der Waals surface area contributed by atoms with E-state index in [1.54, 1.807) is 0 Å². The van der Waals surface area contributed by atoms with Gasteiger partial charge in [-0.1, -0.05) is 11.6 Å². The van der Waals surface area contributed by atoms with Gasteiger partial charge in [0.25, 0.3) is 5.54 Å². The molecule has 0 aromatic carbocycles. The summed E-state index contributed by atoms with van der Waals surface area (Å²) in [4.78, 5) is 8.75. The lowest BCUT2D eigenvalue weighted by molar-refractivity contribution is -0.301. The molecule has 2 rings (SSSR count). The van der Waals surface area contributed by atoms with Crippen LogP contribution in [0, 0.1) is 0 Å². The minimum Gasteiger partial charge on any atom is -0.327 e. The number of rotatable bonds is 0. The maximum absolute atomic E-state index is 13.1. The number of anilines is 1. The van der Waals surface area contributed by atoms with E-state index in [1.807, 2.05) is 5.32 Å². The normalized spacial score (nSPS) is 17.9. The van der Waals surface area contributed by atoms with E-state index in [0.717, 1.165) is 0 Å². The fourth-order valence-corrected chi connectivity index (χ4v) is 2.32. The fourth-order valence-electron chi connectivity index (χ4n) is 1.67. The van der Waals surface area contributed by atoms with Gasteiger partial charge >= 0.3 is 12.4 Å². The second kappa shape index (κ2) is 4.75. The first-order valence-electron chi connectivity index (χ1n) is 4.79. The van der Waals surface area contributed by atoms with Gasteiger partial charge in [0.05, 0.1) is 0 Å². The van der Waals surface area contributed by atoms with E-state index >= 15 is 0 Å². The minimum atomic E-state index is -5.89. The lowest BCUT2D eigenvalue weighted by Gasteiger charge is -2.36. The third kappa shape index (κ3) is 2.38. The van der Waals surface area contributed by atoms with Crippen molar-refractivity contribution in [3.8, 4) is 0 Å². The fraction of sp³-hybridized carbons (Fsp3) is 0.375. The Hall–Kier alpha value is -1.00. The molecule has 0 bridgehead atoms. The molecular formula is C8HCl3F6N4. The van der Waals surface area contributed by atoms with E-state index in [2.05, 4.69) is 15.0 Å². The summed E-state index contributed by atoms with van der Waals surface area (Å²) in [6, 6.07) is 0. The molecule has 4 nitrogen and oxygen atoms in total. The van der Waals surface area contributed by atoms with Crippen molar-refractivity contribution in [1.29, 1.82) is 0 Å². The summed E-state index contributed by atoms with van der Waals surface area (Å²) < 4.78 is 78.9. The molecule has 2 heterocycles. The van der Waals surface area contributed by atoms with E-state index in [0.29, 0.717) is 0 Å². The molecule has 1 aliphatic rings. The first kappa shape index (κ1) is 16.4. The molecular weight excluding hydrogens is 372 g/mol. The summed E-state index contributed by atoms with van der Waals surface area (Å²) in [6.07, 6.45) is -11.8. The zero-order valence-electron chi connectivity index (χ0n) is 9.24. The number of fused-ring (bicyclic) bond motifs is 1. The molecule has 0 saturated heterocycles. The van der Waals surface area contributed by atoms with E-state index in [9.17, 15) is 26.3 Å². The maximum atomic E-state index is 13.1. The Labute approximate surface area is 127 Å². The van der Waals surface area contributed by atoms with Crippen LogP contribution in [0.4, 0.5) is 32.0 Å². The van der Waals surface area contributed by atoms with Crippen molar-refractivity contribution in [2.75, 3.05) is 5.32 Å². The number of nitrogens with zero attached hydrogens (tertiary/aromatic N) is 3. The van der Waals surface area contributed by atoms with Crippen LogP contribution < -0.4 is 5.32 Å². The van der Waals surface area contributed by atoms with Gasteiger partial charge in [-0.2, -0.15) is 26.3 Å². The van der Waals surface area contributed by atoms with Gasteiger partial charge in [-0.05, 0) is 23.2 Å². The highest BCUT2D eigenvalue weighted by molar-refractivity contribution is 6.68. The summed E-state index contributed by atoms with van der Waals surface area (Å²) in [7, 11) is 0. The van der Waals surface area contributed by atoms with Crippen molar-refractivity contribution in [1.82, 2.24) is 9.97 Å². The third-order valence-electron chi connectivity index (χ3n) is 2.49. The number of amidine groups is 1. The maximum Gasteiger partial charge on any atom is 0.428 e. The molecule has 1 aromatic rings. The molecule has 0 fully saturated rings. The van der Waals surface area contributed by atoms with E-state index in [-0.39, 0.29) is 0 Å². The Morgan fingerprint density at radius 2 is 1.43 bits per heavy atom. The predicted octanol–water partition coefficient (Wildman–Crippen LogP) is 4.12. The molecule has 1 N–H and O–H groups in total. The number of aromatic nitrogens is 2. The van der Waals surface area contributed by atoms with Gasteiger partial charge in [0, 0.05) is 0 Å². The second-order valence-electron chi connectivity index (χ2n) is 3.74. The van der Waals surface area contributed by atoms with Gasteiger partial charge in [0.15, 0.2) is 10.4 Å². The van der Waals surface area contributed by atoms with Crippen LogP contribution in [0.25, 0.3) is 0 Å². The number of aliphatic imine (C=N–C) groups is 1. The van der Waals surface area contributed by atoms with Crippen LogP contribution in [0.5, 0.6) is 0 Å². The molecule has 0 aliphatic carbocycles. The van der Waals surface area contributed by atoms with Crippen LogP contribution in [0.1, 0.15) is 5.69 Å². The van der Waals surface area contributed by atoms with Gasteiger partial charge in [-0.3, -0.25) is 0 Å². The van der Waals surface area contributed by atoms with Crippen molar-refractivity contribution in [2.24, 2.45) is 4.99 Å². The van der Waals surface area contributed by atoms with Crippen LogP contribution in [0.3, 0.4) is 0 Å². The molecule has 116 valence electrons. The highest BCUT2D eigenvalue weighted by Crippen LogP contribution is 2.56. The van der Waals surface area contributed by atoms with E-state index in [4.69, 9.17) is 34.8 Å². The van der Waals surface area contributed by atoms with Crippen LogP contribution in [-0.2, 0) is 5.54 Å². The van der Waals surface area contributed by atoms with Crippen molar-refractivity contribution >= 4 is 45.8 Å². The average Bonchev–Trinajstić information content (AvgIpc) is 2.26. The number of hydrogen-bond acceptors (Lipinski definition) is 4. The van der Waals surface area contributed by atoms with E-state index < -0.39 is 45.0 Å². The summed E-state index contributed by atoms with van der Waals surface area (Å²) in [5.74, 6) is 0. The van der Waals surface area contributed by atoms with Crippen molar-refractivity contribution < 1.29 is 26.3 Å². The predicted molar refractivity (Wildman–Crippen MR) is 62.8 cm³/mol. The van der Waals surface area contributed by atoms with Crippen LogP contribution >= 0.6 is 34.8 Å². The van der Waals surface area contributed by atoms with Crippen LogP contribution in [-0.4, -0.2) is 27.6 Å². The highest BCUT2D eigenvalue weighted by atomic mass is 35.5. The molecule has 21 heavy (non-hydrogen) atoms. The molecule has 0 spiro atoms. The molecule has 1 aromatic heterocycles. The topological polar surface area (TPSA) is 50.2 Å². The summed E-state index contributed by atoms with van der Waals surface area (Å²) >= 11 is 16.0. The van der Waals surface area contributed by atoms with Gasteiger partial charge in [0.2, 0.25) is 5.28 Å². The van der Waals surface area contributed by atoms with Crippen molar-refractivity contribution in [3.05, 3.63) is 16.1 Å². The smallest absolute Gasteiger partial charge is 0.327 e. The van der Waals surface area contributed by atoms with Gasteiger partial charge in [0.1, 0.15) is 11.4 Å². The van der Waals surface area contributed by atoms with Gasteiger partial charge in [-0.25, -0.2) is 15.0 Å². The van der Waals surface area contributed by atoms with Crippen LogP contribution in [0.2, 0.25) is 10.4 Å². The van der Waals surface area contributed by atoms with Crippen LogP contribution in [0.15, 0.2) is 4.99 Å².